The minimum absolute atomic E-state index is 0.945. The maximum absolute atomic E-state index is 3.73. The first-order valence-corrected chi connectivity index (χ1v) is 4.20. The topological polar surface area (TPSA) is 0 Å². The molecule has 0 bridgehead atoms. The van der Waals surface area contributed by atoms with Crippen LogP contribution in [0.4, 0.5) is 0 Å². The molecule has 0 saturated carbocycles. The van der Waals surface area contributed by atoms with Gasteiger partial charge in [0.25, 0.3) is 0 Å². The molecule has 12 heavy (non-hydrogen) atoms. The van der Waals surface area contributed by atoms with Crippen molar-refractivity contribution < 1.29 is 0 Å². The fraction of sp³-hybridized carbons (Fsp3) is 0.167. The Morgan fingerprint density at radius 3 is 2.75 bits per heavy atom. The number of hydrogen-bond donors (Lipinski definition) is 0. The van der Waals surface area contributed by atoms with Gasteiger partial charge < -0.3 is 0 Å². The molecule has 0 amide bonds. The number of rotatable bonds is 3. The molecule has 0 unspecified atom stereocenters. The van der Waals surface area contributed by atoms with Crippen molar-refractivity contribution in [3.63, 3.8) is 0 Å². The monoisotopic (exact) mass is 158 g/mol. The van der Waals surface area contributed by atoms with E-state index in [2.05, 4.69) is 43.0 Å². The molecule has 0 radical (unpaired) electrons. The molecule has 0 spiro atoms. The second-order valence-electron chi connectivity index (χ2n) is 2.69. The van der Waals surface area contributed by atoms with Crippen LogP contribution in [0.5, 0.6) is 0 Å². The molecule has 0 aliphatic carbocycles. The van der Waals surface area contributed by atoms with Crippen molar-refractivity contribution in [2.45, 2.75) is 13.3 Å². The fourth-order valence-corrected chi connectivity index (χ4v) is 1.22. The van der Waals surface area contributed by atoms with Gasteiger partial charge in [0.2, 0.25) is 0 Å². The minimum Gasteiger partial charge on any atom is -0.103 e. The van der Waals surface area contributed by atoms with E-state index in [1.807, 2.05) is 13.0 Å². The maximum atomic E-state index is 3.73. The van der Waals surface area contributed by atoms with Gasteiger partial charge in [0.05, 0.1) is 0 Å². The molecule has 0 aromatic heterocycles. The molecule has 62 valence electrons. The van der Waals surface area contributed by atoms with E-state index < -0.39 is 0 Å². The molecular weight excluding hydrogens is 144 g/mol. The second-order valence-corrected chi connectivity index (χ2v) is 2.69. The lowest BCUT2D eigenvalue weighted by Crippen LogP contribution is -1.84. The Morgan fingerprint density at radius 2 is 2.08 bits per heavy atom. The van der Waals surface area contributed by atoms with Crippen molar-refractivity contribution in [1.82, 2.24) is 0 Å². The highest BCUT2D eigenvalue weighted by Crippen LogP contribution is 2.11. The van der Waals surface area contributed by atoms with E-state index in [-0.39, 0.29) is 0 Å². The summed E-state index contributed by atoms with van der Waals surface area (Å²) in [6.45, 7) is 5.77. The van der Waals surface area contributed by atoms with Crippen LogP contribution in [0.25, 0.3) is 6.08 Å². The Hall–Kier alpha value is -1.30. The highest BCUT2D eigenvalue weighted by Gasteiger charge is 1.93. The van der Waals surface area contributed by atoms with E-state index in [1.54, 1.807) is 0 Å². The van der Waals surface area contributed by atoms with Crippen molar-refractivity contribution in [2.24, 2.45) is 0 Å². The molecule has 1 aromatic carbocycles. The average molecular weight is 158 g/mol. The summed E-state index contributed by atoms with van der Waals surface area (Å²) in [5.41, 5.74) is 2.63. The molecule has 1 aromatic rings. The first-order valence-electron chi connectivity index (χ1n) is 4.20. The van der Waals surface area contributed by atoms with Gasteiger partial charge in [0.1, 0.15) is 0 Å². The van der Waals surface area contributed by atoms with Crippen LogP contribution in [0.2, 0.25) is 0 Å². The summed E-state index contributed by atoms with van der Waals surface area (Å²) in [4.78, 5) is 0. The lowest BCUT2D eigenvalue weighted by molar-refractivity contribution is 1.26. The Bertz CT molecular complexity index is 282. The fourth-order valence-electron chi connectivity index (χ4n) is 1.22. The van der Waals surface area contributed by atoms with Gasteiger partial charge in [-0.3, -0.25) is 0 Å². The van der Waals surface area contributed by atoms with Crippen LogP contribution in [0.15, 0.2) is 43.0 Å². The molecule has 0 heteroatoms. The van der Waals surface area contributed by atoms with E-state index in [4.69, 9.17) is 0 Å². The summed E-state index contributed by atoms with van der Waals surface area (Å²) in [7, 11) is 0. The van der Waals surface area contributed by atoms with Gasteiger partial charge in [-0.05, 0) is 24.5 Å². The van der Waals surface area contributed by atoms with E-state index in [1.165, 1.54) is 11.1 Å². The highest BCUT2D eigenvalue weighted by atomic mass is 14.0. The maximum Gasteiger partial charge on any atom is -0.00942 e. The minimum atomic E-state index is 0.945. The van der Waals surface area contributed by atoms with Gasteiger partial charge in [-0.25, -0.2) is 0 Å². The third-order valence-electron chi connectivity index (χ3n) is 1.77. The molecule has 0 heterocycles. The highest BCUT2D eigenvalue weighted by molar-refractivity contribution is 5.53. The largest absolute Gasteiger partial charge is 0.103 e. The lowest BCUT2D eigenvalue weighted by Gasteiger charge is -2.01. The van der Waals surface area contributed by atoms with Crippen LogP contribution in [0.3, 0.4) is 0 Å². The SMILES string of the molecule is C=CCc1ccccc1/C=C\C. The van der Waals surface area contributed by atoms with Crippen LogP contribution in [0.1, 0.15) is 18.1 Å². The third kappa shape index (κ3) is 2.09. The van der Waals surface area contributed by atoms with Crippen molar-refractivity contribution in [3.8, 4) is 0 Å². The summed E-state index contributed by atoms with van der Waals surface area (Å²) in [6, 6.07) is 8.38. The third-order valence-corrected chi connectivity index (χ3v) is 1.77. The van der Waals surface area contributed by atoms with Gasteiger partial charge in [-0.2, -0.15) is 0 Å². The zero-order valence-electron chi connectivity index (χ0n) is 7.46. The van der Waals surface area contributed by atoms with Gasteiger partial charge in [-0.15, -0.1) is 6.58 Å². The van der Waals surface area contributed by atoms with Gasteiger partial charge in [-0.1, -0.05) is 42.5 Å². The molecule has 0 N–H and O–H groups in total. The molecule has 0 atom stereocenters. The molecule has 0 saturated heterocycles. The molecule has 0 nitrogen and oxygen atoms in total. The van der Waals surface area contributed by atoms with Crippen LogP contribution in [-0.2, 0) is 6.42 Å². The van der Waals surface area contributed by atoms with Gasteiger partial charge in [0.15, 0.2) is 0 Å². The zero-order chi connectivity index (χ0) is 8.81. The lowest BCUT2D eigenvalue weighted by atomic mass is 10.0. The Balaban J connectivity index is 2.99. The summed E-state index contributed by atoms with van der Waals surface area (Å²) in [5.74, 6) is 0. The van der Waals surface area contributed by atoms with Crippen LogP contribution in [0, 0.1) is 0 Å². The molecular formula is C12H14. The summed E-state index contributed by atoms with van der Waals surface area (Å²) >= 11 is 0. The Kier molecular flexibility index (Phi) is 3.34. The smallest absolute Gasteiger partial charge is 0.00942 e. The normalized spacial score (nSPS) is 10.4. The van der Waals surface area contributed by atoms with Crippen molar-refractivity contribution in [1.29, 1.82) is 0 Å². The van der Waals surface area contributed by atoms with E-state index in [9.17, 15) is 0 Å². The predicted molar refractivity (Wildman–Crippen MR) is 55.1 cm³/mol. The van der Waals surface area contributed by atoms with Gasteiger partial charge in [0, 0.05) is 0 Å². The average Bonchev–Trinajstić information content (AvgIpc) is 2.09. The van der Waals surface area contributed by atoms with Crippen molar-refractivity contribution >= 4 is 6.08 Å². The standard InChI is InChI=1S/C12H14/c1-3-7-11-9-5-6-10-12(11)8-4-2/h3-6,8-10H,1,7H2,2H3/b8-4-. The van der Waals surface area contributed by atoms with E-state index >= 15 is 0 Å². The first-order chi connectivity index (χ1) is 5.88. The van der Waals surface area contributed by atoms with Crippen molar-refractivity contribution in [2.75, 3.05) is 0 Å². The molecule has 1 rings (SSSR count). The van der Waals surface area contributed by atoms with Gasteiger partial charge >= 0.3 is 0 Å². The summed E-state index contributed by atoms with van der Waals surface area (Å²) in [5, 5.41) is 0. The first kappa shape index (κ1) is 8.79. The van der Waals surface area contributed by atoms with E-state index in [0.29, 0.717) is 0 Å². The second kappa shape index (κ2) is 4.55. The zero-order valence-corrected chi connectivity index (χ0v) is 7.46. The Morgan fingerprint density at radius 1 is 1.33 bits per heavy atom. The van der Waals surface area contributed by atoms with Crippen molar-refractivity contribution in [3.05, 3.63) is 54.1 Å². The molecule has 0 fully saturated rings. The van der Waals surface area contributed by atoms with Crippen LogP contribution < -0.4 is 0 Å². The van der Waals surface area contributed by atoms with E-state index in [0.717, 1.165) is 6.42 Å². The Labute approximate surface area is 74.2 Å². The number of hydrogen-bond acceptors (Lipinski definition) is 0. The summed E-state index contributed by atoms with van der Waals surface area (Å²) in [6.07, 6.45) is 7.06. The number of benzene rings is 1. The molecule has 0 aliphatic rings. The van der Waals surface area contributed by atoms with Crippen LogP contribution in [-0.4, -0.2) is 0 Å². The quantitative estimate of drug-likeness (QED) is 0.591. The summed E-state index contributed by atoms with van der Waals surface area (Å²) < 4.78 is 0. The number of allylic oxidation sites excluding steroid dienone is 2. The molecule has 0 aliphatic heterocycles. The predicted octanol–water partition coefficient (Wildman–Crippen LogP) is 3.45. The van der Waals surface area contributed by atoms with Crippen LogP contribution >= 0.6 is 0 Å².